The van der Waals surface area contributed by atoms with Crippen LogP contribution in [-0.2, 0) is 16.0 Å². The number of rotatable bonds is 7. The molecule has 5 rings (SSSR count). The number of aliphatic carboxylic acids is 1. The SMILES string of the molecule is O=C(O)[C@@H](NC(=O)[C@@H](Cc1c[nH]c2ccccc12)n1c(=O)[nH]c2ccccc2c1=O)c1ccccc1. The van der Waals surface area contributed by atoms with Crippen LogP contribution in [0.1, 0.15) is 23.2 Å². The van der Waals surface area contributed by atoms with Crippen LogP contribution in [-0.4, -0.2) is 31.5 Å². The lowest BCUT2D eigenvalue weighted by molar-refractivity contribution is -0.142. The minimum absolute atomic E-state index is 0.0156. The Bertz CT molecular complexity index is 1700. The summed E-state index contributed by atoms with van der Waals surface area (Å²) in [5.74, 6) is -2.03. The Hall–Kier alpha value is -4.92. The van der Waals surface area contributed by atoms with Gasteiger partial charge in [-0.3, -0.25) is 9.59 Å². The third-order valence-electron chi connectivity index (χ3n) is 6.21. The highest BCUT2D eigenvalue weighted by molar-refractivity contribution is 5.89. The molecule has 9 heteroatoms. The molecule has 1 amide bonds. The van der Waals surface area contributed by atoms with Crippen molar-refractivity contribution >= 4 is 33.7 Å². The second-order valence-electron chi connectivity index (χ2n) is 8.42. The topological polar surface area (TPSA) is 137 Å². The first kappa shape index (κ1) is 22.9. The van der Waals surface area contributed by atoms with Gasteiger partial charge >= 0.3 is 11.7 Å². The minimum atomic E-state index is -1.36. The van der Waals surface area contributed by atoms with E-state index in [9.17, 15) is 24.3 Å². The van der Waals surface area contributed by atoms with Gasteiger partial charge in [0.15, 0.2) is 6.04 Å². The van der Waals surface area contributed by atoms with Crippen molar-refractivity contribution < 1.29 is 14.7 Å². The smallest absolute Gasteiger partial charge is 0.330 e. The third kappa shape index (κ3) is 4.18. The number of hydrogen-bond acceptors (Lipinski definition) is 4. The Morgan fingerprint density at radius 3 is 2.22 bits per heavy atom. The number of aromatic nitrogens is 3. The number of carboxylic acid groups (broad SMARTS) is 1. The number of hydrogen-bond donors (Lipinski definition) is 4. The lowest BCUT2D eigenvalue weighted by Gasteiger charge is -2.22. The van der Waals surface area contributed by atoms with Crippen LogP contribution in [0, 0.1) is 0 Å². The Morgan fingerprint density at radius 1 is 0.861 bits per heavy atom. The summed E-state index contributed by atoms with van der Waals surface area (Å²) in [7, 11) is 0. The van der Waals surface area contributed by atoms with Crippen molar-refractivity contribution in [1.29, 1.82) is 0 Å². The standard InChI is InChI=1S/C27H22N4O5/c32-24(30-23(26(34)35)16-8-2-1-3-9-16)22(14-17-15-28-20-12-6-4-10-18(17)20)31-25(33)19-11-5-7-13-21(19)29-27(31)36/h1-13,15,22-23,28H,14H2,(H,29,36)(H,30,32)(H,34,35)/t22-,23+/m1/s1. The first-order valence-electron chi connectivity index (χ1n) is 11.3. The molecular weight excluding hydrogens is 460 g/mol. The van der Waals surface area contributed by atoms with E-state index in [1.165, 1.54) is 0 Å². The van der Waals surface area contributed by atoms with Crippen LogP contribution in [0.15, 0.2) is 94.6 Å². The first-order chi connectivity index (χ1) is 17.4. The summed E-state index contributed by atoms with van der Waals surface area (Å²) in [6.07, 6.45) is 1.70. The molecule has 0 radical (unpaired) electrons. The van der Waals surface area contributed by atoms with Gasteiger partial charge in [0.05, 0.1) is 10.9 Å². The Kier molecular flexibility index (Phi) is 5.95. The van der Waals surface area contributed by atoms with E-state index >= 15 is 0 Å². The van der Waals surface area contributed by atoms with Crippen LogP contribution in [0.2, 0.25) is 0 Å². The molecule has 5 aromatic rings. The number of fused-ring (bicyclic) bond motifs is 2. The number of carbonyl (C=O) groups excluding carboxylic acids is 1. The average Bonchev–Trinajstić information content (AvgIpc) is 3.29. The van der Waals surface area contributed by atoms with Crippen molar-refractivity contribution in [2.24, 2.45) is 0 Å². The number of nitrogens with zero attached hydrogens (tertiary/aromatic N) is 1. The van der Waals surface area contributed by atoms with Crippen LogP contribution < -0.4 is 16.6 Å². The van der Waals surface area contributed by atoms with Gasteiger partial charge in [0.2, 0.25) is 5.91 Å². The molecule has 0 aliphatic rings. The molecule has 3 aromatic carbocycles. The molecule has 0 spiro atoms. The fraction of sp³-hybridized carbons (Fsp3) is 0.111. The maximum absolute atomic E-state index is 13.6. The molecule has 0 unspecified atom stereocenters. The van der Waals surface area contributed by atoms with Crippen molar-refractivity contribution in [3.05, 3.63) is 117 Å². The van der Waals surface area contributed by atoms with Gasteiger partial charge in [0, 0.05) is 23.5 Å². The van der Waals surface area contributed by atoms with E-state index < -0.39 is 35.2 Å². The third-order valence-corrected chi connectivity index (χ3v) is 6.21. The van der Waals surface area contributed by atoms with Crippen molar-refractivity contribution in [3.8, 4) is 0 Å². The van der Waals surface area contributed by atoms with Crippen LogP contribution in [0.5, 0.6) is 0 Å². The first-order valence-corrected chi connectivity index (χ1v) is 11.3. The molecule has 2 aromatic heterocycles. The van der Waals surface area contributed by atoms with Crippen LogP contribution in [0.3, 0.4) is 0 Å². The summed E-state index contributed by atoms with van der Waals surface area (Å²) >= 11 is 0. The van der Waals surface area contributed by atoms with Crippen molar-refractivity contribution in [2.75, 3.05) is 0 Å². The number of carboxylic acids is 1. The summed E-state index contributed by atoms with van der Waals surface area (Å²) in [5, 5.41) is 13.4. The highest BCUT2D eigenvalue weighted by Gasteiger charge is 2.30. The number of aromatic amines is 2. The molecular formula is C27H22N4O5. The Labute approximate surface area is 204 Å². The minimum Gasteiger partial charge on any atom is -0.479 e. The summed E-state index contributed by atoms with van der Waals surface area (Å²) in [6, 6.07) is 19.5. The van der Waals surface area contributed by atoms with E-state index in [-0.39, 0.29) is 11.8 Å². The van der Waals surface area contributed by atoms with Crippen LogP contribution >= 0.6 is 0 Å². The number of H-pyrrole nitrogens is 2. The van der Waals surface area contributed by atoms with E-state index in [4.69, 9.17) is 0 Å². The highest BCUT2D eigenvalue weighted by atomic mass is 16.4. The number of para-hydroxylation sites is 2. The molecule has 36 heavy (non-hydrogen) atoms. The molecule has 2 atom stereocenters. The van der Waals surface area contributed by atoms with Gasteiger partial charge in [-0.25, -0.2) is 14.2 Å². The van der Waals surface area contributed by atoms with E-state index in [2.05, 4.69) is 15.3 Å². The molecule has 180 valence electrons. The predicted molar refractivity (Wildman–Crippen MR) is 135 cm³/mol. The summed E-state index contributed by atoms with van der Waals surface area (Å²) < 4.78 is 0.864. The van der Waals surface area contributed by atoms with Gasteiger partial charge in [-0.05, 0) is 29.3 Å². The highest BCUT2D eigenvalue weighted by Crippen LogP contribution is 2.23. The number of carbonyl (C=O) groups is 2. The van der Waals surface area contributed by atoms with Crippen LogP contribution in [0.25, 0.3) is 21.8 Å². The molecule has 4 N–H and O–H groups in total. The Morgan fingerprint density at radius 2 is 1.50 bits per heavy atom. The molecule has 0 saturated carbocycles. The van der Waals surface area contributed by atoms with Gasteiger partial charge in [-0.1, -0.05) is 60.7 Å². The fourth-order valence-electron chi connectivity index (χ4n) is 4.44. The molecule has 0 bridgehead atoms. The zero-order valence-electron chi connectivity index (χ0n) is 19.0. The lowest BCUT2D eigenvalue weighted by Crippen LogP contribution is -2.47. The Balaban J connectivity index is 1.63. The largest absolute Gasteiger partial charge is 0.479 e. The molecule has 0 saturated heterocycles. The summed E-state index contributed by atoms with van der Waals surface area (Å²) in [5.41, 5.74) is 0.855. The maximum atomic E-state index is 13.6. The zero-order chi connectivity index (χ0) is 25.2. The van der Waals surface area contributed by atoms with Crippen molar-refractivity contribution in [2.45, 2.75) is 18.5 Å². The van der Waals surface area contributed by atoms with E-state index in [1.54, 1.807) is 60.8 Å². The monoisotopic (exact) mass is 482 g/mol. The quantitative estimate of drug-likeness (QED) is 0.283. The van der Waals surface area contributed by atoms with Gasteiger partial charge in [-0.15, -0.1) is 0 Å². The number of nitrogens with one attached hydrogen (secondary N) is 3. The predicted octanol–water partition coefficient (Wildman–Crippen LogP) is 2.90. The van der Waals surface area contributed by atoms with E-state index in [0.29, 0.717) is 16.6 Å². The molecule has 0 aliphatic carbocycles. The summed E-state index contributed by atoms with van der Waals surface area (Å²) in [6.45, 7) is 0. The average molecular weight is 482 g/mol. The molecule has 0 fully saturated rings. The molecule has 2 heterocycles. The zero-order valence-corrected chi connectivity index (χ0v) is 19.0. The molecule has 9 nitrogen and oxygen atoms in total. The second kappa shape index (κ2) is 9.38. The second-order valence-corrected chi connectivity index (χ2v) is 8.42. The number of amides is 1. The number of benzene rings is 3. The van der Waals surface area contributed by atoms with E-state index in [1.807, 2.05) is 24.3 Å². The van der Waals surface area contributed by atoms with Gasteiger partial charge in [-0.2, -0.15) is 0 Å². The van der Waals surface area contributed by atoms with E-state index in [0.717, 1.165) is 15.5 Å². The normalized spacial score (nSPS) is 12.9. The maximum Gasteiger partial charge on any atom is 0.330 e. The van der Waals surface area contributed by atoms with Gasteiger partial charge in [0.25, 0.3) is 5.56 Å². The van der Waals surface area contributed by atoms with Crippen molar-refractivity contribution in [1.82, 2.24) is 19.9 Å². The molecule has 0 aliphatic heterocycles. The summed E-state index contributed by atoms with van der Waals surface area (Å²) in [4.78, 5) is 58.0. The van der Waals surface area contributed by atoms with Gasteiger partial charge in [0.1, 0.15) is 6.04 Å². The van der Waals surface area contributed by atoms with Gasteiger partial charge < -0.3 is 20.4 Å². The lowest BCUT2D eigenvalue weighted by atomic mass is 10.0. The van der Waals surface area contributed by atoms with Crippen LogP contribution in [0.4, 0.5) is 0 Å². The van der Waals surface area contributed by atoms with Crippen molar-refractivity contribution in [3.63, 3.8) is 0 Å². The fourth-order valence-corrected chi connectivity index (χ4v) is 4.44.